The Hall–Kier alpha value is -2.15. The van der Waals surface area contributed by atoms with Gasteiger partial charge in [0, 0.05) is 12.6 Å². The monoisotopic (exact) mass is 360 g/mol. The maximum absolute atomic E-state index is 12.4. The number of nitrogens with one attached hydrogen (secondary N) is 1. The van der Waals surface area contributed by atoms with Crippen molar-refractivity contribution in [1.29, 1.82) is 0 Å². The van der Waals surface area contributed by atoms with Crippen LogP contribution < -0.4 is 9.62 Å². The molecule has 1 atom stereocenters. The van der Waals surface area contributed by atoms with Gasteiger partial charge in [0.1, 0.15) is 0 Å². The maximum Gasteiger partial charge on any atom is 0.263 e. The van der Waals surface area contributed by atoms with Gasteiger partial charge in [-0.1, -0.05) is 19.1 Å². The van der Waals surface area contributed by atoms with E-state index >= 15 is 0 Å². The van der Waals surface area contributed by atoms with E-state index < -0.39 is 10.0 Å². The molecule has 7 heteroatoms. The topological polar surface area (TPSA) is 75.2 Å². The number of hydrogen-bond acceptors (Lipinski definition) is 5. The van der Waals surface area contributed by atoms with E-state index in [0.717, 1.165) is 30.8 Å². The normalized spacial score (nSPS) is 18.2. The van der Waals surface area contributed by atoms with E-state index in [9.17, 15) is 8.42 Å². The highest BCUT2D eigenvalue weighted by molar-refractivity contribution is 7.92. The fourth-order valence-corrected chi connectivity index (χ4v) is 4.34. The second-order valence-corrected chi connectivity index (χ2v) is 8.13. The summed E-state index contributed by atoms with van der Waals surface area (Å²) in [5.41, 5.74) is 0.889. The van der Waals surface area contributed by atoms with Crippen molar-refractivity contribution >= 4 is 21.7 Å². The number of piperidine rings is 1. The predicted octanol–water partition coefficient (Wildman–Crippen LogP) is 3.35. The number of aryl methyl sites for hydroxylation is 1. The Bertz CT molecular complexity index is 821. The minimum Gasteiger partial charge on any atom is -0.352 e. The standard InChI is InChI=1S/C18H24N4O2S/c1-3-15-8-4-5-12-22(15)18-11-10-17(19-20-18)21-25(23,24)16-9-6-7-14(2)13-16/h6-7,9-11,13,15H,3-5,8,12H2,1-2H3,(H,19,21). The molecule has 6 nitrogen and oxygen atoms in total. The Labute approximate surface area is 149 Å². The first kappa shape index (κ1) is 17.7. The summed E-state index contributed by atoms with van der Waals surface area (Å²) in [5, 5.41) is 8.32. The molecule has 3 rings (SSSR count). The van der Waals surface area contributed by atoms with Crippen LogP contribution in [0.5, 0.6) is 0 Å². The number of nitrogens with zero attached hydrogens (tertiary/aromatic N) is 3. The molecule has 1 aromatic carbocycles. The molecule has 0 aliphatic carbocycles. The molecule has 1 N–H and O–H groups in total. The van der Waals surface area contributed by atoms with Gasteiger partial charge in [-0.2, -0.15) is 0 Å². The van der Waals surface area contributed by atoms with E-state index in [1.165, 1.54) is 12.8 Å². The van der Waals surface area contributed by atoms with Gasteiger partial charge in [0.2, 0.25) is 0 Å². The molecule has 2 aromatic rings. The average molecular weight is 360 g/mol. The number of sulfonamides is 1. The zero-order chi connectivity index (χ0) is 17.9. The maximum atomic E-state index is 12.4. The number of benzene rings is 1. The lowest BCUT2D eigenvalue weighted by Gasteiger charge is -2.35. The first-order valence-electron chi connectivity index (χ1n) is 8.69. The van der Waals surface area contributed by atoms with Crippen molar-refractivity contribution in [3.05, 3.63) is 42.0 Å². The molecule has 1 aromatic heterocycles. The summed E-state index contributed by atoms with van der Waals surface area (Å²) >= 11 is 0. The minimum atomic E-state index is -3.66. The van der Waals surface area contributed by atoms with E-state index in [1.54, 1.807) is 24.3 Å². The first-order chi connectivity index (χ1) is 12.0. The Morgan fingerprint density at radius 3 is 2.72 bits per heavy atom. The lowest BCUT2D eigenvalue weighted by atomic mass is 10.0. The van der Waals surface area contributed by atoms with Crippen LogP contribution in [0, 0.1) is 6.92 Å². The number of anilines is 2. The molecule has 0 bridgehead atoms. The Balaban J connectivity index is 1.76. The van der Waals surface area contributed by atoms with Gasteiger partial charge in [-0.15, -0.1) is 10.2 Å². The summed E-state index contributed by atoms with van der Waals surface area (Å²) in [5.74, 6) is 1.04. The SMILES string of the molecule is CCC1CCCCN1c1ccc(NS(=O)(=O)c2cccc(C)c2)nn1. The third kappa shape index (κ3) is 4.10. The van der Waals surface area contributed by atoms with Gasteiger partial charge < -0.3 is 4.90 Å². The van der Waals surface area contributed by atoms with Gasteiger partial charge in [-0.25, -0.2) is 8.42 Å². The van der Waals surface area contributed by atoms with Crippen LogP contribution in [0.15, 0.2) is 41.3 Å². The summed E-state index contributed by atoms with van der Waals surface area (Å²) in [7, 11) is -3.66. The van der Waals surface area contributed by atoms with Crippen molar-refractivity contribution in [2.75, 3.05) is 16.2 Å². The second kappa shape index (κ2) is 7.39. The van der Waals surface area contributed by atoms with Gasteiger partial charge >= 0.3 is 0 Å². The highest BCUT2D eigenvalue weighted by Crippen LogP contribution is 2.25. The fourth-order valence-electron chi connectivity index (χ4n) is 3.24. The molecule has 0 amide bonds. The highest BCUT2D eigenvalue weighted by atomic mass is 32.2. The van der Waals surface area contributed by atoms with Crippen LogP contribution in [-0.2, 0) is 10.0 Å². The van der Waals surface area contributed by atoms with Gasteiger partial charge in [0.05, 0.1) is 4.90 Å². The number of aromatic nitrogens is 2. The van der Waals surface area contributed by atoms with Gasteiger partial charge in [0.25, 0.3) is 10.0 Å². The Morgan fingerprint density at radius 1 is 1.20 bits per heavy atom. The summed E-state index contributed by atoms with van der Waals surface area (Å²) in [4.78, 5) is 2.50. The van der Waals surface area contributed by atoms with Crippen LogP contribution in [-0.4, -0.2) is 31.2 Å². The molecule has 1 unspecified atom stereocenters. The molecule has 2 heterocycles. The van der Waals surface area contributed by atoms with Crippen molar-refractivity contribution in [3.8, 4) is 0 Å². The largest absolute Gasteiger partial charge is 0.352 e. The van der Waals surface area contributed by atoms with E-state index in [2.05, 4.69) is 26.7 Å². The second-order valence-electron chi connectivity index (χ2n) is 6.45. The van der Waals surface area contributed by atoms with Crippen molar-refractivity contribution in [2.24, 2.45) is 0 Å². The molecule has 0 radical (unpaired) electrons. The third-order valence-electron chi connectivity index (χ3n) is 4.58. The lowest BCUT2D eigenvalue weighted by Crippen LogP contribution is -2.39. The van der Waals surface area contributed by atoms with Crippen LogP contribution in [0.1, 0.15) is 38.2 Å². The van der Waals surface area contributed by atoms with Crippen molar-refractivity contribution in [2.45, 2.75) is 50.5 Å². The van der Waals surface area contributed by atoms with Gasteiger partial charge in [-0.05, 0) is 62.4 Å². The molecule has 1 aliphatic heterocycles. The molecule has 0 spiro atoms. The van der Waals surface area contributed by atoms with E-state index in [-0.39, 0.29) is 10.7 Å². The summed E-state index contributed by atoms with van der Waals surface area (Å²) in [6, 6.07) is 10.8. The average Bonchev–Trinajstić information content (AvgIpc) is 2.62. The Morgan fingerprint density at radius 2 is 2.04 bits per heavy atom. The van der Waals surface area contributed by atoms with Crippen molar-refractivity contribution < 1.29 is 8.42 Å². The Kier molecular flexibility index (Phi) is 5.22. The molecule has 0 saturated carbocycles. The van der Waals surface area contributed by atoms with Gasteiger partial charge in [-0.3, -0.25) is 4.72 Å². The molecular formula is C18H24N4O2S. The fraction of sp³-hybridized carbons (Fsp3) is 0.444. The molecule has 25 heavy (non-hydrogen) atoms. The molecular weight excluding hydrogens is 336 g/mol. The number of hydrogen-bond donors (Lipinski definition) is 1. The quantitative estimate of drug-likeness (QED) is 0.885. The van der Waals surface area contributed by atoms with Crippen LogP contribution in [0.2, 0.25) is 0 Å². The zero-order valence-corrected chi connectivity index (χ0v) is 15.5. The van der Waals surface area contributed by atoms with Crippen LogP contribution in [0.3, 0.4) is 0 Å². The van der Waals surface area contributed by atoms with E-state index in [4.69, 9.17) is 0 Å². The third-order valence-corrected chi connectivity index (χ3v) is 5.93. The van der Waals surface area contributed by atoms with Gasteiger partial charge in [0.15, 0.2) is 11.6 Å². The minimum absolute atomic E-state index is 0.223. The zero-order valence-electron chi connectivity index (χ0n) is 14.6. The molecule has 1 saturated heterocycles. The van der Waals surface area contributed by atoms with E-state index in [1.807, 2.05) is 19.1 Å². The van der Waals surface area contributed by atoms with E-state index in [0.29, 0.717) is 6.04 Å². The molecule has 1 aliphatic rings. The smallest absolute Gasteiger partial charge is 0.263 e. The first-order valence-corrected chi connectivity index (χ1v) is 10.2. The van der Waals surface area contributed by atoms with Crippen molar-refractivity contribution in [3.63, 3.8) is 0 Å². The lowest BCUT2D eigenvalue weighted by molar-refractivity contribution is 0.445. The summed E-state index contributed by atoms with van der Waals surface area (Å²) in [6.07, 6.45) is 4.64. The van der Waals surface area contributed by atoms with Crippen LogP contribution in [0.25, 0.3) is 0 Å². The molecule has 1 fully saturated rings. The van der Waals surface area contributed by atoms with Crippen LogP contribution in [0.4, 0.5) is 11.6 Å². The summed E-state index contributed by atoms with van der Waals surface area (Å²) < 4.78 is 27.4. The molecule has 134 valence electrons. The predicted molar refractivity (Wildman–Crippen MR) is 99.3 cm³/mol. The number of rotatable bonds is 5. The van der Waals surface area contributed by atoms with Crippen molar-refractivity contribution in [1.82, 2.24) is 10.2 Å². The van der Waals surface area contributed by atoms with Crippen LogP contribution >= 0.6 is 0 Å². The summed E-state index contributed by atoms with van der Waals surface area (Å²) in [6.45, 7) is 5.01. The highest BCUT2D eigenvalue weighted by Gasteiger charge is 2.22.